The number of thiazole rings is 1. The molecule has 0 saturated carbocycles. The third-order valence-electron chi connectivity index (χ3n) is 3.98. The smallest absolute Gasteiger partial charge is 0.228 e. The highest BCUT2D eigenvalue weighted by molar-refractivity contribution is 7.73. The van der Waals surface area contributed by atoms with Gasteiger partial charge in [0.05, 0.1) is 5.52 Å². The second-order valence-electron chi connectivity index (χ2n) is 6.28. The molecule has 3 aromatic heterocycles. The van der Waals surface area contributed by atoms with Gasteiger partial charge < -0.3 is 4.98 Å². The summed E-state index contributed by atoms with van der Waals surface area (Å²) in [5, 5.41) is 13.8. The molecule has 3 aromatic rings. The minimum Gasteiger partial charge on any atom is -0.336 e. The summed E-state index contributed by atoms with van der Waals surface area (Å²) in [6, 6.07) is 3.84. The minimum absolute atomic E-state index is 0.0405. The van der Waals surface area contributed by atoms with Crippen molar-refractivity contribution in [3.05, 3.63) is 21.9 Å². The zero-order valence-electron chi connectivity index (χ0n) is 14.7. The van der Waals surface area contributed by atoms with Gasteiger partial charge in [-0.05, 0) is 51.0 Å². The largest absolute Gasteiger partial charge is 0.336 e. The fourth-order valence-corrected chi connectivity index (χ4v) is 3.84. The number of nitrogens with one attached hydrogen (secondary N) is 2. The minimum atomic E-state index is 0.0405. The molecule has 2 N–H and O–H groups in total. The molecule has 0 aromatic carbocycles. The summed E-state index contributed by atoms with van der Waals surface area (Å²) in [6.07, 6.45) is 3.97. The Hall–Kier alpha value is -2.20. The van der Waals surface area contributed by atoms with Crippen LogP contribution in [-0.2, 0) is 11.2 Å². The van der Waals surface area contributed by atoms with Crippen molar-refractivity contribution in [1.29, 1.82) is 0 Å². The van der Waals surface area contributed by atoms with Crippen LogP contribution < -0.4 is 4.90 Å². The summed E-state index contributed by atoms with van der Waals surface area (Å²) >= 11 is 6.59. The summed E-state index contributed by atoms with van der Waals surface area (Å²) < 4.78 is 0.689. The Bertz CT molecular complexity index is 916. The number of tetrazole rings is 1. The predicted molar refractivity (Wildman–Crippen MR) is 104 cm³/mol. The van der Waals surface area contributed by atoms with Crippen molar-refractivity contribution in [2.75, 3.05) is 4.90 Å². The van der Waals surface area contributed by atoms with Crippen molar-refractivity contribution in [2.45, 2.75) is 52.0 Å². The number of fused-ring (bicyclic) bond motifs is 1. The van der Waals surface area contributed by atoms with Crippen LogP contribution in [0.5, 0.6) is 0 Å². The lowest BCUT2D eigenvalue weighted by atomic mass is 10.1. The zero-order chi connectivity index (χ0) is 18.5. The molecular formula is C16H21N7OS2. The Labute approximate surface area is 160 Å². The fourth-order valence-electron chi connectivity index (χ4n) is 2.79. The lowest BCUT2D eigenvalue weighted by molar-refractivity contribution is -0.119. The number of anilines is 1. The van der Waals surface area contributed by atoms with Crippen molar-refractivity contribution in [2.24, 2.45) is 0 Å². The Morgan fingerprint density at radius 2 is 2.15 bits per heavy atom. The molecule has 0 spiro atoms. The highest BCUT2D eigenvalue weighted by atomic mass is 32.1. The van der Waals surface area contributed by atoms with Crippen LogP contribution in [0.25, 0.3) is 10.3 Å². The fraction of sp³-hybridized carbons (Fsp3) is 0.500. The summed E-state index contributed by atoms with van der Waals surface area (Å²) in [5.41, 5.74) is 0.904. The molecular weight excluding hydrogens is 370 g/mol. The maximum atomic E-state index is 12.7. The molecule has 26 heavy (non-hydrogen) atoms. The van der Waals surface area contributed by atoms with E-state index in [2.05, 4.69) is 30.6 Å². The van der Waals surface area contributed by atoms with Crippen molar-refractivity contribution in [3.8, 4) is 0 Å². The van der Waals surface area contributed by atoms with E-state index >= 15 is 0 Å². The maximum Gasteiger partial charge on any atom is 0.228 e. The van der Waals surface area contributed by atoms with Crippen LogP contribution in [0, 0.1) is 3.95 Å². The van der Waals surface area contributed by atoms with Crippen LogP contribution >= 0.6 is 23.6 Å². The van der Waals surface area contributed by atoms with Gasteiger partial charge in [-0.15, -0.1) is 10.2 Å². The topological polar surface area (TPSA) is 103 Å². The summed E-state index contributed by atoms with van der Waals surface area (Å²) in [6.45, 7) is 4.00. The Morgan fingerprint density at radius 3 is 2.88 bits per heavy atom. The van der Waals surface area contributed by atoms with Crippen molar-refractivity contribution >= 4 is 45.6 Å². The number of carbonyl (C=O) groups excluding carboxylic acids is 1. The molecule has 0 radical (unpaired) electrons. The number of amides is 1. The van der Waals surface area contributed by atoms with Gasteiger partial charge in [0, 0.05) is 18.9 Å². The zero-order valence-corrected chi connectivity index (χ0v) is 16.4. The molecule has 0 aliphatic carbocycles. The highest BCUT2D eigenvalue weighted by Crippen LogP contribution is 2.23. The van der Waals surface area contributed by atoms with Gasteiger partial charge in [-0.2, -0.15) is 5.21 Å². The number of aryl methyl sites for hydroxylation is 1. The first-order valence-electron chi connectivity index (χ1n) is 8.59. The van der Waals surface area contributed by atoms with E-state index in [9.17, 15) is 4.79 Å². The summed E-state index contributed by atoms with van der Waals surface area (Å²) in [4.78, 5) is 23.0. The molecule has 3 rings (SSSR count). The van der Waals surface area contributed by atoms with E-state index in [0.717, 1.165) is 36.0 Å². The number of nitrogens with zero attached hydrogens (tertiary/aromatic N) is 5. The number of carbonyl (C=O) groups is 1. The van der Waals surface area contributed by atoms with E-state index in [1.54, 1.807) is 4.90 Å². The Balaban J connectivity index is 1.59. The number of hydrogen-bond donors (Lipinski definition) is 2. The number of rotatable bonds is 8. The first-order valence-corrected chi connectivity index (χ1v) is 9.81. The van der Waals surface area contributed by atoms with Gasteiger partial charge >= 0.3 is 0 Å². The van der Waals surface area contributed by atoms with E-state index in [1.807, 2.05) is 26.0 Å². The van der Waals surface area contributed by atoms with Gasteiger partial charge in [-0.25, -0.2) is 4.98 Å². The van der Waals surface area contributed by atoms with Gasteiger partial charge in [0.2, 0.25) is 5.91 Å². The quantitative estimate of drug-likeness (QED) is 0.450. The van der Waals surface area contributed by atoms with Crippen molar-refractivity contribution in [3.63, 3.8) is 0 Å². The van der Waals surface area contributed by atoms with E-state index in [1.165, 1.54) is 11.3 Å². The molecule has 0 aliphatic heterocycles. The van der Waals surface area contributed by atoms with Gasteiger partial charge in [-0.1, -0.05) is 23.0 Å². The average Bonchev–Trinajstić information content (AvgIpc) is 3.22. The average molecular weight is 392 g/mol. The Kier molecular flexibility index (Phi) is 6.04. The molecule has 0 saturated heterocycles. The number of pyridine rings is 1. The molecule has 0 aliphatic rings. The maximum absolute atomic E-state index is 12.7. The van der Waals surface area contributed by atoms with Crippen molar-refractivity contribution < 1.29 is 4.79 Å². The predicted octanol–water partition coefficient (Wildman–Crippen LogP) is 3.41. The third-order valence-corrected chi connectivity index (χ3v) is 5.13. The van der Waals surface area contributed by atoms with Gasteiger partial charge in [0.1, 0.15) is 10.6 Å². The standard InChI is InChI=1S/C16H21N7OS2/c1-10(2)23(13-9-8-11-15(18-13)26-16(25)17-11)14(24)7-5-3-4-6-12-19-21-22-20-12/h8-10H,3-7H2,1-2H3,(H,17,25)(H,19,20,21,22). The number of aromatic nitrogens is 6. The molecule has 0 unspecified atom stereocenters. The SMILES string of the molecule is CC(C)N(C(=O)CCCCCc1nn[nH]n1)c1ccc2[nH]c(=S)sc2n1. The molecule has 0 atom stereocenters. The van der Waals surface area contributed by atoms with E-state index < -0.39 is 0 Å². The van der Waals surface area contributed by atoms with Crippen LogP contribution in [0.3, 0.4) is 0 Å². The van der Waals surface area contributed by atoms with E-state index in [-0.39, 0.29) is 11.9 Å². The third kappa shape index (κ3) is 4.50. The van der Waals surface area contributed by atoms with E-state index in [4.69, 9.17) is 12.2 Å². The number of unbranched alkanes of at least 4 members (excludes halogenated alkanes) is 2. The molecule has 3 heterocycles. The second kappa shape index (κ2) is 8.45. The van der Waals surface area contributed by atoms with Crippen LogP contribution in [0.2, 0.25) is 0 Å². The van der Waals surface area contributed by atoms with Gasteiger partial charge in [-0.3, -0.25) is 9.69 Å². The molecule has 10 heteroatoms. The second-order valence-corrected chi connectivity index (χ2v) is 7.95. The van der Waals surface area contributed by atoms with Crippen LogP contribution in [0.1, 0.15) is 45.4 Å². The monoisotopic (exact) mass is 391 g/mol. The number of H-pyrrole nitrogens is 2. The van der Waals surface area contributed by atoms with Crippen molar-refractivity contribution in [1.82, 2.24) is 30.6 Å². The number of aromatic amines is 2. The van der Waals surface area contributed by atoms with Crippen LogP contribution in [-0.4, -0.2) is 42.5 Å². The number of hydrogen-bond acceptors (Lipinski definition) is 7. The van der Waals surface area contributed by atoms with Crippen LogP contribution in [0.15, 0.2) is 12.1 Å². The normalized spacial score (nSPS) is 11.3. The lowest BCUT2D eigenvalue weighted by Gasteiger charge is -2.25. The van der Waals surface area contributed by atoms with Gasteiger partial charge in [0.15, 0.2) is 9.78 Å². The molecule has 138 valence electrons. The highest BCUT2D eigenvalue weighted by Gasteiger charge is 2.20. The van der Waals surface area contributed by atoms with E-state index in [0.29, 0.717) is 22.0 Å². The lowest BCUT2D eigenvalue weighted by Crippen LogP contribution is -2.37. The molecule has 8 nitrogen and oxygen atoms in total. The molecule has 1 amide bonds. The summed E-state index contributed by atoms with van der Waals surface area (Å²) in [7, 11) is 0. The first kappa shape index (κ1) is 18.6. The van der Waals surface area contributed by atoms with Crippen LogP contribution in [0.4, 0.5) is 5.82 Å². The Morgan fingerprint density at radius 1 is 1.31 bits per heavy atom. The molecule has 0 fully saturated rings. The summed E-state index contributed by atoms with van der Waals surface area (Å²) in [5.74, 6) is 1.48. The van der Waals surface area contributed by atoms with Gasteiger partial charge in [0.25, 0.3) is 0 Å². The first-order chi connectivity index (χ1) is 12.5. The molecule has 0 bridgehead atoms.